The predicted octanol–water partition coefficient (Wildman–Crippen LogP) is 8.59. The molecule has 0 bridgehead atoms. The molecule has 1 aromatic rings. The summed E-state index contributed by atoms with van der Waals surface area (Å²) < 4.78 is 54.3. The van der Waals surface area contributed by atoms with E-state index in [0.717, 1.165) is 55.1 Å². The minimum Gasteiger partial charge on any atom is -0.403 e. The van der Waals surface area contributed by atoms with E-state index in [2.05, 4.69) is 11.7 Å². The minimum atomic E-state index is -4.86. The number of halogens is 4. The van der Waals surface area contributed by atoms with Crippen molar-refractivity contribution in [1.29, 1.82) is 0 Å². The van der Waals surface area contributed by atoms with Crippen LogP contribution in [0.3, 0.4) is 0 Å². The fourth-order valence-electron chi connectivity index (χ4n) is 4.66. The molecular weight excluding hydrogens is 356 g/mol. The molecule has 0 N–H and O–H groups in total. The zero-order valence-electron chi connectivity index (χ0n) is 14.6. The van der Waals surface area contributed by atoms with Crippen LogP contribution in [0.1, 0.15) is 87.5 Å². The highest BCUT2D eigenvalue weighted by Crippen LogP contribution is 2.44. The number of ether oxygens (including phenoxy) is 1. The molecule has 2 aliphatic carbocycles. The van der Waals surface area contributed by atoms with Crippen molar-refractivity contribution < 1.29 is 25.2 Å². The number of rotatable bonds is 3. The molecule has 0 aliphatic heterocycles. The largest absolute Gasteiger partial charge is 0.573 e. The van der Waals surface area contributed by atoms with Gasteiger partial charge < -0.3 is 4.74 Å². The summed E-state index contributed by atoms with van der Waals surface area (Å²) in [5, 5.41) is 0. The smallest absolute Gasteiger partial charge is 0.403 e. The third kappa shape index (κ3) is 6.39. The Morgan fingerprint density at radius 3 is 1.89 bits per heavy atom. The Balaban J connectivity index is 0. The maximum absolute atomic E-state index is 13.9. The van der Waals surface area contributed by atoms with Crippen LogP contribution in [0.2, 0.25) is 0 Å². The van der Waals surface area contributed by atoms with Crippen LogP contribution < -0.4 is 4.74 Å². The van der Waals surface area contributed by atoms with Gasteiger partial charge in [-0.3, -0.25) is 0 Å². The summed E-state index contributed by atoms with van der Waals surface area (Å²) in [7, 11) is 0. The Bertz CT molecular complexity index is 579. The van der Waals surface area contributed by atoms with Crippen molar-refractivity contribution in [3.8, 4) is 5.75 Å². The zero-order valence-corrected chi connectivity index (χ0v) is 14.6. The molecule has 27 heavy (non-hydrogen) atoms. The predicted molar refractivity (Wildman–Crippen MR) is 107 cm³/mol. The van der Waals surface area contributed by atoms with E-state index in [1.54, 1.807) is 6.07 Å². The maximum Gasteiger partial charge on any atom is 0.573 e. The van der Waals surface area contributed by atoms with Gasteiger partial charge in [-0.1, -0.05) is 40.7 Å². The van der Waals surface area contributed by atoms with E-state index in [4.69, 9.17) is 0 Å². The minimum absolute atomic E-state index is 0. The molecule has 160 valence electrons. The van der Waals surface area contributed by atoms with Gasteiger partial charge in [-0.15, -0.1) is 13.2 Å². The molecule has 0 amide bonds. The maximum atomic E-state index is 13.9. The van der Waals surface area contributed by atoms with Crippen LogP contribution in [0.4, 0.5) is 17.6 Å². The molecule has 2 saturated carbocycles. The highest BCUT2D eigenvalue weighted by molar-refractivity contribution is 5.31. The number of hydrogen-bond donors (Lipinski definition) is 0. The van der Waals surface area contributed by atoms with Gasteiger partial charge in [0.05, 0.1) is 0 Å². The first-order chi connectivity index (χ1) is 11.8. The Morgan fingerprint density at radius 2 is 1.41 bits per heavy atom. The summed E-state index contributed by atoms with van der Waals surface area (Å²) in [5.41, 5.74) is 0.794. The van der Waals surface area contributed by atoms with Gasteiger partial charge in [0.25, 0.3) is 0 Å². The summed E-state index contributed by atoms with van der Waals surface area (Å²) in [6, 6.07) is 3.90. The summed E-state index contributed by atoms with van der Waals surface area (Å²) >= 11 is 0. The van der Waals surface area contributed by atoms with E-state index in [-0.39, 0.29) is 23.6 Å². The molecule has 5 heteroatoms. The topological polar surface area (TPSA) is 9.23 Å². The molecule has 0 atom stereocenters. The first kappa shape index (κ1) is 23.8. The van der Waals surface area contributed by atoms with Crippen molar-refractivity contribution in [1.82, 2.24) is 0 Å². The summed E-state index contributed by atoms with van der Waals surface area (Å²) in [5.74, 6) is 1.01. The zero-order chi connectivity index (χ0) is 18.0. The van der Waals surface area contributed by atoms with E-state index in [1.807, 2.05) is 0 Å². The van der Waals surface area contributed by atoms with Crippen LogP contribution in [0.15, 0.2) is 18.2 Å². The molecule has 0 aromatic heterocycles. The van der Waals surface area contributed by atoms with Crippen molar-refractivity contribution >= 4 is 0 Å². The van der Waals surface area contributed by atoms with Gasteiger partial charge in [0, 0.05) is 2.85 Å². The average Bonchev–Trinajstić information content (AvgIpc) is 2.56. The molecule has 3 rings (SSSR count). The Morgan fingerprint density at radius 1 is 0.889 bits per heavy atom. The highest BCUT2D eigenvalue weighted by atomic mass is 19.4. The van der Waals surface area contributed by atoms with Crippen LogP contribution in [0, 0.1) is 23.6 Å². The summed E-state index contributed by atoms with van der Waals surface area (Å²) in [6.45, 7) is 2.33. The monoisotopic (exact) mass is 394 g/mol. The SMILES string of the molecule is C.C.CC1CCC(C2CCC(c3ccc(OC(F)(F)F)c(F)c3)CC2)CC1.[HH].[HH]. The Labute approximate surface area is 164 Å². The van der Waals surface area contributed by atoms with Gasteiger partial charge in [0.15, 0.2) is 11.6 Å². The van der Waals surface area contributed by atoms with Gasteiger partial charge in [-0.2, -0.15) is 0 Å². The summed E-state index contributed by atoms with van der Waals surface area (Å²) in [6.07, 6.45) is 4.73. The highest BCUT2D eigenvalue weighted by Gasteiger charge is 2.33. The van der Waals surface area contributed by atoms with Crippen molar-refractivity contribution in [2.24, 2.45) is 17.8 Å². The third-order valence-corrected chi connectivity index (χ3v) is 6.15. The van der Waals surface area contributed by atoms with Crippen LogP contribution in [0.5, 0.6) is 5.75 Å². The molecule has 0 saturated heterocycles. The molecule has 2 aliphatic rings. The van der Waals surface area contributed by atoms with Crippen molar-refractivity contribution in [2.75, 3.05) is 0 Å². The van der Waals surface area contributed by atoms with E-state index in [1.165, 1.54) is 31.7 Å². The van der Waals surface area contributed by atoms with Gasteiger partial charge in [-0.25, -0.2) is 4.39 Å². The molecular formula is C22H38F4O. The van der Waals surface area contributed by atoms with Crippen LogP contribution in [-0.2, 0) is 0 Å². The van der Waals surface area contributed by atoms with Crippen LogP contribution in [-0.4, -0.2) is 6.36 Å². The van der Waals surface area contributed by atoms with Gasteiger partial charge in [0.1, 0.15) is 0 Å². The number of benzene rings is 1. The number of alkyl halides is 3. The second-order valence-corrected chi connectivity index (χ2v) is 7.87. The molecule has 0 spiro atoms. The van der Waals surface area contributed by atoms with Crippen molar-refractivity contribution in [2.45, 2.75) is 85.4 Å². The molecule has 0 radical (unpaired) electrons. The lowest BCUT2D eigenvalue weighted by Gasteiger charge is -2.37. The Hall–Kier alpha value is -1.26. The van der Waals surface area contributed by atoms with E-state index in [9.17, 15) is 17.6 Å². The normalized spacial score (nSPS) is 28.6. The second kappa shape index (κ2) is 9.79. The second-order valence-electron chi connectivity index (χ2n) is 7.87. The first-order valence-electron chi connectivity index (χ1n) is 9.37. The quantitative estimate of drug-likeness (QED) is 0.466. The lowest BCUT2D eigenvalue weighted by Crippen LogP contribution is -2.24. The standard InChI is InChI=1S/C20H26F4O.2CH4.2H2/c1-13-2-4-14(5-3-13)15-6-8-16(9-7-15)17-10-11-19(18(21)12-17)25-20(22,23)24;;;;/h10-16H,2-9H2,1H3;2*1H4;2*1H. The van der Waals surface area contributed by atoms with E-state index in [0.29, 0.717) is 0 Å². The first-order valence-corrected chi connectivity index (χ1v) is 9.37. The molecule has 1 aromatic carbocycles. The summed E-state index contributed by atoms with van der Waals surface area (Å²) in [4.78, 5) is 0. The van der Waals surface area contributed by atoms with Crippen LogP contribution in [0.25, 0.3) is 0 Å². The molecule has 0 heterocycles. The van der Waals surface area contributed by atoms with Crippen molar-refractivity contribution in [3.63, 3.8) is 0 Å². The van der Waals surface area contributed by atoms with E-state index >= 15 is 0 Å². The van der Waals surface area contributed by atoms with E-state index < -0.39 is 17.9 Å². The molecule has 1 nitrogen and oxygen atoms in total. The van der Waals surface area contributed by atoms with Crippen molar-refractivity contribution in [3.05, 3.63) is 29.6 Å². The molecule has 0 unspecified atom stereocenters. The average molecular weight is 395 g/mol. The van der Waals surface area contributed by atoms with Crippen LogP contribution >= 0.6 is 0 Å². The van der Waals surface area contributed by atoms with Gasteiger partial charge >= 0.3 is 6.36 Å². The van der Waals surface area contributed by atoms with Gasteiger partial charge in [0.2, 0.25) is 0 Å². The van der Waals surface area contributed by atoms with Gasteiger partial charge in [-0.05, 0) is 79.9 Å². The lowest BCUT2D eigenvalue weighted by molar-refractivity contribution is -0.275. The fraction of sp³-hybridized carbons (Fsp3) is 0.727. The fourth-order valence-corrected chi connectivity index (χ4v) is 4.66. The molecule has 2 fully saturated rings. The lowest BCUT2D eigenvalue weighted by atomic mass is 9.68. The third-order valence-electron chi connectivity index (χ3n) is 6.15. The number of hydrogen-bond acceptors (Lipinski definition) is 1. The Kier molecular flexibility index (Phi) is 8.62.